The summed E-state index contributed by atoms with van der Waals surface area (Å²) in [6.45, 7) is 3.99. The number of fused-ring (bicyclic) bond motifs is 1. The normalized spacial score (nSPS) is 43.9. The summed E-state index contributed by atoms with van der Waals surface area (Å²) < 4.78 is 5.65. The lowest BCUT2D eigenvalue weighted by molar-refractivity contribution is -0.175. The average Bonchev–Trinajstić information content (AvgIpc) is 2.88. The molecule has 4 atom stereocenters. The molecular weight excluding hydrogens is 260 g/mol. The molecule has 3 rings (SSSR count). The predicted molar refractivity (Wildman–Crippen MR) is 71.1 cm³/mol. The van der Waals surface area contributed by atoms with Gasteiger partial charge in [0.05, 0.1) is 18.3 Å². The van der Waals surface area contributed by atoms with Gasteiger partial charge in [-0.25, -0.2) is 4.79 Å². The van der Waals surface area contributed by atoms with Gasteiger partial charge < -0.3 is 20.1 Å². The highest BCUT2D eigenvalue weighted by atomic mass is 16.5. The fourth-order valence-electron chi connectivity index (χ4n) is 4.28. The first-order valence-corrected chi connectivity index (χ1v) is 7.19. The minimum atomic E-state index is -1.79. The first-order valence-electron chi connectivity index (χ1n) is 7.19. The zero-order valence-corrected chi connectivity index (χ0v) is 11.9. The standard InChI is InChI=1S/C15H22O5/c1-13(2,18)9-3-5-14-7-11(20-8-14)15(19,12(16)17)6-4-10(9)14/h3,10-11,18-19H,4-8H2,1-2H3,(H,16,17)/t10-,11+,14+,15+/m0/s1. The van der Waals surface area contributed by atoms with Crippen LogP contribution in [0.3, 0.4) is 0 Å². The van der Waals surface area contributed by atoms with Gasteiger partial charge in [-0.05, 0) is 51.0 Å². The second-order valence-corrected chi connectivity index (χ2v) is 7.11. The fraction of sp³-hybridized carbons (Fsp3) is 0.800. The fourth-order valence-corrected chi connectivity index (χ4v) is 4.28. The van der Waals surface area contributed by atoms with Gasteiger partial charge in [0, 0.05) is 5.41 Å². The molecular formula is C15H22O5. The van der Waals surface area contributed by atoms with E-state index in [0.717, 1.165) is 12.0 Å². The maximum Gasteiger partial charge on any atom is 0.338 e. The Hall–Kier alpha value is -0.910. The molecule has 20 heavy (non-hydrogen) atoms. The summed E-state index contributed by atoms with van der Waals surface area (Å²) >= 11 is 0. The molecule has 0 aromatic carbocycles. The monoisotopic (exact) mass is 282 g/mol. The van der Waals surface area contributed by atoms with E-state index in [2.05, 4.69) is 6.08 Å². The summed E-state index contributed by atoms with van der Waals surface area (Å²) in [7, 11) is 0. The lowest BCUT2D eigenvalue weighted by atomic mass is 9.71. The van der Waals surface area contributed by atoms with Crippen molar-refractivity contribution in [3.05, 3.63) is 11.6 Å². The SMILES string of the molecule is CC(C)(O)C1=CC[C@]23CO[C@H](C2)[C@@](O)(C(=O)O)CC[C@@H]13. The molecule has 1 aliphatic heterocycles. The molecule has 0 amide bonds. The molecule has 5 heteroatoms. The molecule has 0 unspecified atom stereocenters. The van der Waals surface area contributed by atoms with E-state index in [4.69, 9.17) is 4.74 Å². The van der Waals surface area contributed by atoms with Crippen LogP contribution < -0.4 is 0 Å². The van der Waals surface area contributed by atoms with E-state index < -0.39 is 23.3 Å². The quantitative estimate of drug-likeness (QED) is 0.660. The van der Waals surface area contributed by atoms with Gasteiger partial charge in [-0.15, -0.1) is 0 Å². The molecule has 1 spiro atoms. The minimum Gasteiger partial charge on any atom is -0.479 e. The van der Waals surface area contributed by atoms with Crippen molar-refractivity contribution < 1.29 is 24.9 Å². The smallest absolute Gasteiger partial charge is 0.338 e. The molecule has 112 valence electrons. The van der Waals surface area contributed by atoms with E-state index in [0.29, 0.717) is 19.4 Å². The number of aliphatic carboxylic acids is 1. The molecule has 3 aliphatic rings. The van der Waals surface area contributed by atoms with Crippen molar-refractivity contribution in [2.45, 2.75) is 56.8 Å². The maximum absolute atomic E-state index is 11.4. The Kier molecular flexibility index (Phi) is 2.85. The number of ether oxygens (including phenoxy) is 1. The van der Waals surface area contributed by atoms with Gasteiger partial charge in [-0.3, -0.25) is 0 Å². The Morgan fingerprint density at radius 1 is 1.50 bits per heavy atom. The minimum absolute atomic E-state index is 0.0980. The third-order valence-corrected chi connectivity index (χ3v) is 5.43. The van der Waals surface area contributed by atoms with Crippen LogP contribution in [0.15, 0.2) is 11.6 Å². The summed E-state index contributed by atoms with van der Waals surface area (Å²) in [6.07, 6.45) is 3.55. The van der Waals surface area contributed by atoms with E-state index in [-0.39, 0.29) is 17.8 Å². The van der Waals surface area contributed by atoms with Gasteiger partial charge in [0.15, 0.2) is 5.60 Å². The van der Waals surface area contributed by atoms with Gasteiger partial charge >= 0.3 is 5.97 Å². The van der Waals surface area contributed by atoms with Crippen molar-refractivity contribution in [3.8, 4) is 0 Å². The van der Waals surface area contributed by atoms with E-state index in [1.807, 2.05) is 0 Å². The lowest BCUT2D eigenvalue weighted by Crippen LogP contribution is -2.49. The van der Waals surface area contributed by atoms with Crippen LogP contribution in [-0.2, 0) is 9.53 Å². The zero-order valence-electron chi connectivity index (χ0n) is 11.9. The van der Waals surface area contributed by atoms with Crippen LogP contribution in [-0.4, -0.2) is 45.2 Å². The molecule has 0 aromatic heterocycles. The van der Waals surface area contributed by atoms with Crippen LogP contribution in [0, 0.1) is 11.3 Å². The third-order valence-electron chi connectivity index (χ3n) is 5.43. The maximum atomic E-state index is 11.4. The van der Waals surface area contributed by atoms with Crippen LogP contribution in [0.4, 0.5) is 0 Å². The number of allylic oxidation sites excluding steroid dienone is 1. The van der Waals surface area contributed by atoms with Crippen molar-refractivity contribution in [3.63, 3.8) is 0 Å². The molecule has 2 bridgehead atoms. The number of aliphatic hydroxyl groups is 2. The molecule has 0 radical (unpaired) electrons. The Morgan fingerprint density at radius 2 is 2.20 bits per heavy atom. The number of carbonyl (C=O) groups is 1. The number of rotatable bonds is 2. The second kappa shape index (κ2) is 4.06. The van der Waals surface area contributed by atoms with Crippen molar-refractivity contribution in [1.29, 1.82) is 0 Å². The second-order valence-electron chi connectivity index (χ2n) is 7.11. The Labute approximate surface area is 118 Å². The highest BCUT2D eigenvalue weighted by Gasteiger charge is 2.61. The molecule has 1 heterocycles. The molecule has 2 fully saturated rings. The highest BCUT2D eigenvalue weighted by Crippen LogP contribution is 2.58. The summed E-state index contributed by atoms with van der Waals surface area (Å²) in [5.41, 5.74) is -1.87. The van der Waals surface area contributed by atoms with E-state index in [1.165, 1.54) is 0 Å². The van der Waals surface area contributed by atoms with Gasteiger partial charge in [-0.1, -0.05) is 6.08 Å². The number of carboxylic acid groups (broad SMARTS) is 1. The van der Waals surface area contributed by atoms with Crippen LogP contribution in [0.25, 0.3) is 0 Å². The van der Waals surface area contributed by atoms with Gasteiger partial charge in [0.25, 0.3) is 0 Å². The lowest BCUT2D eigenvalue weighted by Gasteiger charge is -2.35. The molecule has 3 N–H and O–H groups in total. The number of carboxylic acids is 1. The van der Waals surface area contributed by atoms with Crippen molar-refractivity contribution >= 4 is 5.97 Å². The Morgan fingerprint density at radius 3 is 2.80 bits per heavy atom. The summed E-state index contributed by atoms with van der Waals surface area (Å²) in [5, 5.41) is 30.1. The summed E-state index contributed by atoms with van der Waals surface area (Å²) in [5.74, 6) is -1.10. The number of hydrogen-bond acceptors (Lipinski definition) is 4. The van der Waals surface area contributed by atoms with E-state index >= 15 is 0 Å². The first-order chi connectivity index (χ1) is 9.19. The van der Waals surface area contributed by atoms with Crippen LogP contribution in [0.2, 0.25) is 0 Å². The average molecular weight is 282 g/mol. The predicted octanol–water partition coefficient (Wildman–Crippen LogP) is 1.09. The highest BCUT2D eigenvalue weighted by molar-refractivity contribution is 5.78. The van der Waals surface area contributed by atoms with Gasteiger partial charge in [0.2, 0.25) is 0 Å². The molecule has 1 saturated heterocycles. The molecule has 2 aliphatic carbocycles. The Bertz CT molecular complexity index is 477. The van der Waals surface area contributed by atoms with Crippen molar-refractivity contribution in [2.75, 3.05) is 6.61 Å². The van der Waals surface area contributed by atoms with E-state index in [9.17, 15) is 20.1 Å². The Balaban J connectivity index is 1.96. The van der Waals surface area contributed by atoms with Crippen molar-refractivity contribution in [2.24, 2.45) is 11.3 Å². The van der Waals surface area contributed by atoms with Crippen LogP contribution in [0.5, 0.6) is 0 Å². The third kappa shape index (κ3) is 1.76. The first kappa shape index (κ1) is 14.0. The largest absolute Gasteiger partial charge is 0.479 e. The van der Waals surface area contributed by atoms with Gasteiger partial charge in [0.1, 0.15) is 0 Å². The van der Waals surface area contributed by atoms with E-state index in [1.54, 1.807) is 13.8 Å². The van der Waals surface area contributed by atoms with Crippen LogP contribution >= 0.6 is 0 Å². The zero-order chi connectivity index (χ0) is 14.8. The molecule has 1 saturated carbocycles. The molecule has 0 aromatic rings. The van der Waals surface area contributed by atoms with Crippen molar-refractivity contribution in [1.82, 2.24) is 0 Å². The van der Waals surface area contributed by atoms with Crippen LogP contribution in [0.1, 0.15) is 39.5 Å². The summed E-state index contributed by atoms with van der Waals surface area (Å²) in [4.78, 5) is 11.4. The topological polar surface area (TPSA) is 87.0 Å². The molecule has 5 nitrogen and oxygen atoms in total. The van der Waals surface area contributed by atoms with Gasteiger partial charge in [-0.2, -0.15) is 0 Å². The number of hydrogen-bond donors (Lipinski definition) is 3. The summed E-state index contributed by atoms with van der Waals surface area (Å²) in [6, 6.07) is 0.